The van der Waals surface area contributed by atoms with Gasteiger partial charge in [-0.3, -0.25) is 4.79 Å². The van der Waals surface area contributed by atoms with Gasteiger partial charge in [0.25, 0.3) is 5.91 Å². The third kappa shape index (κ3) is 6.62. The summed E-state index contributed by atoms with van der Waals surface area (Å²) in [5.74, 6) is -0.214. The number of amides is 1. The number of nitrogens with two attached hydrogens (primary N) is 1. The standard InChI is InChI=1S/C10H18N4O3S2.ClH/c1-2-19(16,17)13-5-3-4-12-10(15)8-7-18-9(6-11)14-8;/h7,13H,2-6,11H2,1H3,(H,12,15);1H. The van der Waals surface area contributed by atoms with Crippen LogP contribution in [0.25, 0.3) is 0 Å². The van der Waals surface area contributed by atoms with Crippen molar-refractivity contribution in [2.45, 2.75) is 19.9 Å². The molecule has 116 valence electrons. The minimum atomic E-state index is -3.16. The van der Waals surface area contributed by atoms with Gasteiger partial charge in [0.05, 0.1) is 5.75 Å². The molecule has 0 unspecified atom stereocenters. The molecule has 1 rings (SSSR count). The summed E-state index contributed by atoms with van der Waals surface area (Å²) < 4.78 is 24.7. The Hall–Kier alpha value is -0.740. The molecule has 0 aliphatic carbocycles. The summed E-state index contributed by atoms with van der Waals surface area (Å²) >= 11 is 1.34. The van der Waals surface area contributed by atoms with Crippen LogP contribution in [0.2, 0.25) is 0 Å². The van der Waals surface area contributed by atoms with E-state index in [1.54, 1.807) is 12.3 Å². The van der Waals surface area contributed by atoms with Crippen LogP contribution >= 0.6 is 23.7 Å². The molecular formula is C10H19ClN4O3S2. The molecule has 0 bridgehead atoms. The molecule has 0 spiro atoms. The van der Waals surface area contributed by atoms with E-state index >= 15 is 0 Å². The zero-order valence-corrected chi connectivity index (χ0v) is 13.5. The van der Waals surface area contributed by atoms with Gasteiger partial charge in [0.1, 0.15) is 10.7 Å². The van der Waals surface area contributed by atoms with Crippen molar-refractivity contribution >= 4 is 39.7 Å². The van der Waals surface area contributed by atoms with E-state index in [1.165, 1.54) is 11.3 Å². The fraction of sp³-hybridized carbons (Fsp3) is 0.600. The lowest BCUT2D eigenvalue weighted by atomic mass is 10.4. The molecule has 1 aromatic rings. The highest BCUT2D eigenvalue weighted by Crippen LogP contribution is 2.08. The predicted octanol–water partition coefficient (Wildman–Crippen LogP) is 0.0828. The predicted molar refractivity (Wildman–Crippen MR) is 81.7 cm³/mol. The normalized spacial score (nSPS) is 10.9. The number of halogens is 1. The van der Waals surface area contributed by atoms with Crippen LogP contribution in [-0.4, -0.2) is 38.2 Å². The van der Waals surface area contributed by atoms with Crippen molar-refractivity contribution in [1.82, 2.24) is 15.0 Å². The summed E-state index contributed by atoms with van der Waals surface area (Å²) in [5.41, 5.74) is 5.75. The van der Waals surface area contributed by atoms with E-state index in [1.807, 2.05) is 0 Å². The lowest BCUT2D eigenvalue weighted by Crippen LogP contribution is -2.30. The highest BCUT2D eigenvalue weighted by atomic mass is 35.5. The third-order valence-electron chi connectivity index (χ3n) is 2.30. The molecule has 0 aliphatic rings. The van der Waals surface area contributed by atoms with Crippen LogP contribution in [0.5, 0.6) is 0 Å². The summed E-state index contributed by atoms with van der Waals surface area (Å²) in [6.07, 6.45) is 0.527. The molecule has 4 N–H and O–H groups in total. The monoisotopic (exact) mass is 342 g/mol. The van der Waals surface area contributed by atoms with Crippen LogP contribution in [0.1, 0.15) is 28.8 Å². The Labute approximate surface area is 128 Å². The molecule has 10 heteroatoms. The Bertz CT molecular complexity index is 518. The molecule has 0 saturated carbocycles. The first kappa shape index (κ1) is 19.3. The first-order chi connectivity index (χ1) is 8.98. The van der Waals surface area contributed by atoms with Crippen LogP contribution in [0.4, 0.5) is 0 Å². The van der Waals surface area contributed by atoms with Gasteiger partial charge in [0.2, 0.25) is 10.0 Å². The van der Waals surface area contributed by atoms with E-state index in [4.69, 9.17) is 5.73 Å². The van der Waals surface area contributed by atoms with E-state index < -0.39 is 10.0 Å². The number of carbonyl (C=O) groups excluding carboxylic acids is 1. The van der Waals surface area contributed by atoms with E-state index in [9.17, 15) is 13.2 Å². The van der Waals surface area contributed by atoms with E-state index in [0.29, 0.717) is 36.8 Å². The van der Waals surface area contributed by atoms with E-state index in [0.717, 1.165) is 0 Å². The molecule has 0 aromatic carbocycles. The number of hydrogen-bond donors (Lipinski definition) is 3. The van der Waals surface area contributed by atoms with Crippen LogP contribution in [0.15, 0.2) is 5.38 Å². The summed E-state index contributed by atoms with van der Waals surface area (Å²) in [7, 11) is -3.16. The SMILES string of the molecule is CCS(=O)(=O)NCCCNC(=O)c1csc(CN)n1.Cl. The van der Waals surface area contributed by atoms with Gasteiger partial charge in [-0.1, -0.05) is 0 Å². The number of rotatable bonds is 8. The van der Waals surface area contributed by atoms with Gasteiger partial charge in [0, 0.05) is 25.0 Å². The molecular weight excluding hydrogens is 324 g/mol. The van der Waals surface area contributed by atoms with Crippen LogP contribution in [-0.2, 0) is 16.6 Å². The zero-order chi connectivity index (χ0) is 14.3. The number of hydrogen-bond acceptors (Lipinski definition) is 6. The Morgan fingerprint density at radius 1 is 1.45 bits per heavy atom. The van der Waals surface area contributed by atoms with Crippen LogP contribution < -0.4 is 15.8 Å². The van der Waals surface area contributed by atoms with Crippen LogP contribution in [0.3, 0.4) is 0 Å². The average Bonchev–Trinajstić information content (AvgIpc) is 2.87. The van der Waals surface area contributed by atoms with Gasteiger partial charge >= 0.3 is 0 Å². The fourth-order valence-electron chi connectivity index (χ4n) is 1.22. The summed E-state index contributed by atoms with van der Waals surface area (Å²) in [6.45, 7) is 2.58. The lowest BCUT2D eigenvalue weighted by molar-refractivity contribution is 0.0949. The number of nitrogens with one attached hydrogen (secondary N) is 2. The van der Waals surface area contributed by atoms with Gasteiger partial charge in [0.15, 0.2) is 0 Å². The van der Waals surface area contributed by atoms with E-state index in [2.05, 4.69) is 15.0 Å². The third-order valence-corrected chi connectivity index (χ3v) is 4.58. The van der Waals surface area contributed by atoms with Crippen molar-refractivity contribution in [3.05, 3.63) is 16.1 Å². The maximum atomic E-state index is 11.6. The highest BCUT2D eigenvalue weighted by molar-refractivity contribution is 7.89. The second kappa shape index (κ2) is 9.24. The molecule has 0 fully saturated rings. The topological polar surface area (TPSA) is 114 Å². The number of thiazole rings is 1. The van der Waals surface area contributed by atoms with Gasteiger partial charge < -0.3 is 11.1 Å². The average molecular weight is 343 g/mol. The second-order valence-electron chi connectivity index (χ2n) is 3.74. The van der Waals surface area contributed by atoms with Gasteiger partial charge in [-0.2, -0.15) is 0 Å². The molecule has 1 heterocycles. The summed E-state index contributed by atoms with van der Waals surface area (Å²) in [4.78, 5) is 15.7. The lowest BCUT2D eigenvalue weighted by Gasteiger charge is -2.05. The summed E-state index contributed by atoms with van der Waals surface area (Å²) in [6, 6.07) is 0. The van der Waals surface area contributed by atoms with E-state index in [-0.39, 0.29) is 24.1 Å². The molecule has 0 radical (unpaired) electrons. The molecule has 7 nitrogen and oxygen atoms in total. The Morgan fingerprint density at radius 3 is 2.70 bits per heavy atom. The van der Waals surface area contributed by atoms with Gasteiger partial charge in [-0.15, -0.1) is 23.7 Å². The quantitative estimate of drug-likeness (QED) is 0.579. The molecule has 1 amide bonds. The number of aromatic nitrogens is 1. The second-order valence-corrected chi connectivity index (χ2v) is 6.78. The fourth-order valence-corrected chi connectivity index (χ4v) is 2.53. The zero-order valence-electron chi connectivity index (χ0n) is 11.1. The molecule has 0 atom stereocenters. The minimum absolute atomic E-state index is 0. The maximum Gasteiger partial charge on any atom is 0.270 e. The van der Waals surface area contributed by atoms with Crippen molar-refractivity contribution in [2.75, 3.05) is 18.8 Å². The highest BCUT2D eigenvalue weighted by Gasteiger charge is 2.09. The molecule has 1 aromatic heterocycles. The number of carbonyl (C=O) groups is 1. The Balaban J connectivity index is 0.00000361. The van der Waals surface area contributed by atoms with Crippen molar-refractivity contribution in [1.29, 1.82) is 0 Å². The molecule has 0 aliphatic heterocycles. The smallest absolute Gasteiger partial charge is 0.270 e. The number of nitrogens with zero attached hydrogens (tertiary/aromatic N) is 1. The maximum absolute atomic E-state index is 11.6. The Kier molecular flexibility index (Phi) is 8.90. The van der Waals surface area contributed by atoms with Crippen molar-refractivity contribution in [2.24, 2.45) is 5.73 Å². The summed E-state index contributed by atoms with van der Waals surface area (Å²) in [5, 5.41) is 5.03. The largest absolute Gasteiger partial charge is 0.351 e. The van der Waals surface area contributed by atoms with Gasteiger partial charge in [-0.05, 0) is 13.3 Å². The molecule has 20 heavy (non-hydrogen) atoms. The first-order valence-corrected chi connectivity index (χ1v) is 8.41. The van der Waals surface area contributed by atoms with Gasteiger partial charge in [-0.25, -0.2) is 18.1 Å². The first-order valence-electron chi connectivity index (χ1n) is 5.88. The Morgan fingerprint density at radius 2 is 2.15 bits per heavy atom. The number of sulfonamides is 1. The van der Waals surface area contributed by atoms with Crippen molar-refractivity contribution < 1.29 is 13.2 Å². The van der Waals surface area contributed by atoms with Crippen molar-refractivity contribution in [3.63, 3.8) is 0 Å². The van der Waals surface area contributed by atoms with Crippen LogP contribution in [0, 0.1) is 0 Å². The minimum Gasteiger partial charge on any atom is -0.351 e. The molecule has 0 saturated heterocycles. The van der Waals surface area contributed by atoms with Crippen molar-refractivity contribution in [3.8, 4) is 0 Å².